The number of ether oxygens (including phenoxy) is 3. The van der Waals surface area contributed by atoms with Gasteiger partial charge in [-0.3, -0.25) is 14.4 Å². The molecule has 0 rings (SSSR count). The van der Waals surface area contributed by atoms with Crippen molar-refractivity contribution >= 4 is 17.9 Å². The van der Waals surface area contributed by atoms with Crippen molar-refractivity contribution in [3.63, 3.8) is 0 Å². The van der Waals surface area contributed by atoms with Gasteiger partial charge in [0.1, 0.15) is 13.2 Å². The zero-order valence-corrected chi connectivity index (χ0v) is 51.1. The van der Waals surface area contributed by atoms with Crippen molar-refractivity contribution in [1.29, 1.82) is 0 Å². The third kappa shape index (κ3) is 62.9. The molecule has 0 N–H and O–H groups in total. The van der Waals surface area contributed by atoms with E-state index < -0.39 is 6.10 Å². The summed E-state index contributed by atoms with van der Waals surface area (Å²) >= 11 is 0. The number of carbonyl (C=O) groups is 3. The SMILES string of the molecule is CCCCCCCCC/C=C\CCCCCCCC(=O)OCC(COC(=O)CCCCCCCCCCCCCCCCCCCCCCCC)OC(=O)CCCCCCCCCCCCCCCCCCCCC. The molecule has 0 aromatic carbocycles. The zero-order valence-electron chi connectivity index (χ0n) is 51.1. The van der Waals surface area contributed by atoms with Gasteiger partial charge in [0.05, 0.1) is 0 Å². The first-order valence-electron chi connectivity index (χ1n) is 34.2. The number of hydrogen-bond acceptors (Lipinski definition) is 6. The zero-order chi connectivity index (χ0) is 54.3. The van der Waals surface area contributed by atoms with Crippen molar-refractivity contribution in [3.8, 4) is 0 Å². The predicted molar refractivity (Wildman–Crippen MR) is 326 cm³/mol. The van der Waals surface area contributed by atoms with Gasteiger partial charge in [-0.1, -0.05) is 341 Å². The topological polar surface area (TPSA) is 78.9 Å². The van der Waals surface area contributed by atoms with Crippen LogP contribution in [-0.2, 0) is 28.6 Å². The van der Waals surface area contributed by atoms with E-state index >= 15 is 0 Å². The summed E-state index contributed by atoms with van der Waals surface area (Å²) in [5.74, 6) is -0.839. The maximum Gasteiger partial charge on any atom is 0.306 e. The minimum absolute atomic E-state index is 0.0656. The van der Waals surface area contributed by atoms with Gasteiger partial charge in [0.15, 0.2) is 6.10 Å². The Bertz CT molecular complexity index is 1170. The Labute approximate surface area is 469 Å². The van der Waals surface area contributed by atoms with Crippen molar-refractivity contribution in [3.05, 3.63) is 12.2 Å². The van der Waals surface area contributed by atoms with E-state index in [1.54, 1.807) is 0 Å². The number of esters is 3. The van der Waals surface area contributed by atoms with E-state index in [0.29, 0.717) is 19.3 Å². The number of rotatable bonds is 64. The van der Waals surface area contributed by atoms with Gasteiger partial charge in [0.25, 0.3) is 0 Å². The Hall–Kier alpha value is -1.85. The van der Waals surface area contributed by atoms with Gasteiger partial charge in [-0.2, -0.15) is 0 Å². The molecule has 0 heterocycles. The van der Waals surface area contributed by atoms with Crippen LogP contribution in [0.15, 0.2) is 12.2 Å². The lowest BCUT2D eigenvalue weighted by Gasteiger charge is -2.18. The van der Waals surface area contributed by atoms with Crippen molar-refractivity contribution in [2.75, 3.05) is 13.2 Å². The summed E-state index contributed by atoms with van der Waals surface area (Å²) in [6.07, 6.45) is 76.6. The molecule has 0 aliphatic rings. The fourth-order valence-electron chi connectivity index (χ4n) is 10.6. The van der Waals surface area contributed by atoms with Crippen LogP contribution in [0, 0.1) is 0 Å². The molecule has 0 aliphatic carbocycles. The third-order valence-electron chi connectivity index (χ3n) is 15.8. The van der Waals surface area contributed by atoms with E-state index in [9.17, 15) is 14.4 Å². The lowest BCUT2D eigenvalue weighted by Crippen LogP contribution is -2.30. The molecule has 0 aliphatic heterocycles. The molecular formula is C69H132O6. The molecule has 0 saturated heterocycles. The number of allylic oxidation sites excluding steroid dienone is 2. The number of carbonyl (C=O) groups excluding carboxylic acids is 3. The highest BCUT2D eigenvalue weighted by atomic mass is 16.6. The van der Waals surface area contributed by atoms with Crippen LogP contribution in [0.4, 0.5) is 0 Å². The van der Waals surface area contributed by atoms with Crippen LogP contribution in [0.25, 0.3) is 0 Å². The fraction of sp³-hybridized carbons (Fsp3) is 0.928. The first-order valence-corrected chi connectivity index (χ1v) is 34.2. The molecule has 6 heteroatoms. The van der Waals surface area contributed by atoms with E-state index in [-0.39, 0.29) is 31.1 Å². The first-order chi connectivity index (χ1) is 37.0. The minimum Gasteiger partial charge on any atom is -0.462 e. The van der Waals surface area contributed by atoms with Crippen LogP contribution in [-0.4, -0.2) is 37.2 Å². The average molecular weight is 1060 g/mol. The highest BCUT2D eigenvalue weighted by Gasteiger charge is 2.19. The van der Waals surface area contributed by atoms with E-state index in [1.165, 1.54) is 289 Å². The maximum absolute atomic E-state index is 12.9. The quantitative estimate of drug-likeness (QED) is 0.0261. The van der Waals surface area contributed by atoms with Crippen molar-refractivity contribution in [1.82, 2.24) is 0 Å². The van der Waals surface area contributed by atoms with Gasteiger partial charge in [-0.05, 0) is 44.9 Å². The molecule has 0 saturated carbocycles. The van der Waals surface area contributed by atoms with Gasteiger partial charge in [-0.15, -0.1) is 0 Å². The van der Waals surface area contributed by atoms with Crippen LogP contribution < -0.4 is 0 Å². The van der Waals surface area contributed by atoms with Crippen LogP contribution in [0.1, 0.15) is 393 Å². The normalized spacial score (nSPS) is 12.0. The Kier molecular flexibility index (Phi) is 63.1. The molecule has 1 atom stereocenters. The van der Waals surface area contributed by atoms with Gasteiger partial charge < -0.3 is 14.2 Å². The van der Waals surface area contributed by atoms with E-state index in [4.69, 9.17) is 14.2 Å². The largest absolute Gasteiger partial charge is 0.462 e. The molecule has 0 aromatic rings. The smallest absolute Gasteiger partial charge is 0.306 e. The summed E-state index contributed by atoms with van der Waals surface area (Å²) in [6.45, 7) is 6.72. The molecule has 0 aromatic heterocycles. The van der Waals surface area contributed by atoms with Gasteiger partial charge in [0.2, 0.25) is 0 Å². The van der Waals surface area contributed by atoms with Gasteiger partial charge in [-0.25, -0.2) is 0 Å². The molecule has 75 heavy (non-hydrogen) atoms. The Morgan fingerprint density at radius 1 is 0.253 bits per heavy atom. The van der Waals surface area contributed by atoms with Crippen LogP contribution >= 0.6 is 0 Å². The Morgan fingerprint density at radius 2 is 0.440 bits per heavy atom. The molecule has 0 spiro atoms. The van der Waals surface area contributed by atoms with Crippen molar-refractivity contribution in [2.45, 2.75) is 399 Å². The number of hydrogen-bond donors (Lipinski definition) is 0. The van der Waals surface area contributed by atoms with E-state index in [2.05, 4.69) is 32.9 Å². The molecule has 0 fully saturated rings. The Morgan fingerprint density at radius 3 is 0.667 bits per heavy atom. The lowest BCUT2D eigenvalue weighted by atomic mass is 10.0. The van der Waals surface area contributed by atoms with Gasteiger partial charge in [0, 0.05) is 19.3 Å². The predicted octanol–water partition coefficient (Wildman–Crippen LogP) is 23.2. The number of unbranched alkanes of at least 4 members (excludes halogenated alkanes) is 51. The highest BCUT2D eigenvalue weighted by molar-refractivity contribution is 5.71. The summed E-state index contributed by atoms with van der Waals surface area (Å²) in [5.41, 5.74) is 0. The second kappa shape index (κ2) is 64.7. The monoisotopic (exact) mass is 1060 g/mol. The molecule has 0 radical (unpaired) electrons. The van der Waals surface area contributed by atoms with E-state index in [0.717, 1.165) is 64.2 Å². The summed E-state index contributed by atoms with van der Waals surface area (Å²) < 4.78 is 17.0. The van der Waals surface area contributed by atoms with Gasteiger partial charge >= 0.3 is 17.9 Å². The summed E-state index contributed by atoms with van der Waals surface area (Å²) in [4.78, 5) is 38.4. The van der Waals surface area contributed by atoms with Crippen LogP contribution in [0.5, 0.6) is 0 Å². The third-order valence-corrected chi connectivity index (χ3v) is 15.8. The molecule has 444 valence electrons. The fourth-order valence-corrected chi connectivity index (χ4v) is 10.6. The molecule has 0 amide bonds. The highest BCUT2D eigenvalue weighted by Crippen LogP contribution is 2.19. The van der Waals surface area contributed by atoms with Crippen molar-refractivity contribution < 1.29 is 28.6 Å². The standard InChI is InChI=1S/C69H132O6/c1-4-7-10-13-16-19-22-25-28-31-33-34-35-37-38-41-44-47-50-53-56-59-62-68(71)74-65-66(64-73-67(70)61-58-55-52-49-46-43-40-30-27-24-21-18-15-12-9-6-3)75-69(72)63-60-57-54-51-48-45-42-39-36-32-29-26-23-20-17-14-11-8-5-2/h30,40,66H,4-29,31-39,41-65H2,1-3H3/b40-30-. The maximum atomic E-state index is 12.9. The lowest BCUT2D eigenvalue weighted by molar-refractivity contribution is -0.167. The van der Waals surface area contributed by atoms with Crippen LogP contribution in [0.2, 0.25) is 0 Å². The molecule has 0 bridgehead atoms. The summed E-state index contributed by atoms with van der Waals surface area (Å²) in [5, 5.41) is 0. The summed E-state index contributed by atoms with van der Waals surface area (Å²) in [6, 6.07) is 0. The van der Waals surface area contributed by atoms with Crippen LogP contribution in [0.3, 0.4) is 0 Å². The minimum atomic E-state index is -0.769. The molecule has 1 unspecified atom stereocenters. The van der Waals surface area contributed by atoms with E-state index in [1.807, 2.05) is 0 Å². The molecule has 6 nitrogen and oxygen atoms in total. The van der Waals surface area contributed by atoms with Crippen molar-refractivity contribution in [2.24, 2.45) is 0 Å². The second-order valence-electron chi connectivity index (χ2n) is 23.5. The second-order valence-corrected chi connectivity index (χ2v) is 23.5. The Balaban J connectivity index is 4.27. The summed E-state index contributed by atoms with van der Waals surface area (Å²) in [7, 11) is 0. The first kappa shape index (κ1) is 73.2. The average Bonchev–Trinajstić information content (AvgIpc) is 3.41. The molecular weight excluding hydrogens is 925 g/mol.